The van der Waals surface area contributed by atoms with Crippen LogP contribution in [0.15, 0.2) is 103 Å². The first-order chi connectivity index (χ1) is 20.6. The molecule has 0 aromatic heterocycles. The number of nitro groups is 1. The summed E-state index contributed by atoms with van der Waals surface area (Å²) < 4.78 is 10.9. The second-order valence-corrected chi connectivity index (χ2v) is 10.4. The number of non-ortho nitro benzene ring substituents is 1. The van der Waals surface area contributed by atoms with Crippen LogP contribution in [0.25, 0.3) is 0 Å². The summed E-state index contributed by atoms with van der Waals surface area (Å²) in [7, 11) is 0. The number of rotatable bonds is 13. The van der Waals surface area contributed by atoms with Crippen molar-refractivity contribution >= 4 is 29.0 Å². The number of esters is 1. The Morgan fingerprint density at radius 2 is 1.42 bits per heavy atom. The lowest BCUT2D eigenvalue weighted by Crippen LogP contribution is -2.18. The molecule has 9 nitrogen and oxygen atoms in total. The van der Waals surface area contributed by atoms with E-state index in [0.717, 1.165) is 6.07 Å². The Kier molecular flexibility index (Phi) is 10.0. The first kappa shape index (κ1) is 30.6. The molecule has 0 saturated heterocycles. The van der Waals surface area contributed by atoms with Crippen molar-refractivity contribution < 1.29 is 28.8 Å². The average molecular weight is 581 g/mol. The van der Waals surface area contributed by atoms with Gasteiger partial charge in [-0.1, -0.05) is 68.4 Å². The van der Waals surface area contributed by atoms with Gasteiger partial charge in [0.15, 0.2) is 6.61 Å². The predicted octanol–water partition coefficient (Wildman–Crippen LogP) is 7.25. The number of hydrogen-bond donors (Lipinski definition) is 1. The van der Waals surface area contributed by atoms with Crippen LogP contribution in [0.4, 0.5) is 11.4 Å². The molecule has 0 aliphatic carbocycles. The Morgan fingerprint density at radius 3 is 2.07 bits per heavy atom. The van der Waals surface area contributed by atoms with Gasteiger partial charge in [0.1, 0.15) is 11.5 Å². The molecule has 0 radical (unpaired) electrons. The predicted molar refractivity (Wildman–Crippen MR) is 162 cm³/mol. The van der Waals surface area contributed by atoms with Crippen molar-refractivity contribution in [3.63, 3.8) is 0 Å². The smallest absolute Gasteiger partial charge is 0.306 e. The van der Waals surface area contributed by atoms with Crippen LogP contribution >= 0.6 is 0 Å². The van der Waals surface area contributed by atoms with Gasteiger partial charge in [0, 0.05) is 41.6 Å². The van der Waals surface area contributed by atoms with E-state index >= 15 is 0 Å². The van der Waals surface area contributed by atoms with Crippen LogP contribution in [0.3, 0.4) is 0 Å². The van der Waals surface area contributed by atoms with Crippen molar-refractivity contribution in [3.05, 3.63) is 130 Å². The molecule has 43 heavy (non-hydrogen) atoms. The van der Waals surface area contributed by atoms with E-state index < -0.39 is 23.3 Å². The molecule has 4 rings (SSSR count). The maximum absolute atomic E-state index is 12.3. The highest BCUT2D eigenvalue weighted by Gasteiger charge is 2.22. The molecule has 9 heteroatoms. The minimum Gasteiger partial charge on any atom is -0.457 e. The van der Waals surface area contributed by atoms with E-state index in [1.54, 1.807) is 24.3 Å². The number of nitrogens with one attached hydrogen (secondary N) is 1. The van der Waals surface area contributed by atoms with Crippen molar-refractivity contribution in [2.75, 3.05) is 11.9 Å². The number of carbonyl (C=O) groups excluding carboxylic acids is 3. The van der Waals surface area contributed by atoms with E-state index in [0.29, 0.717) is 17.2 Å². The van der Waals surface area contributed by atoms with E-state index in [1.807, 2.05) is 30.3 Å². The summed E-state index contributed by atoms with van der Waals surface area (Å²) in [5, 5.41) is 13.6. The molecule has 1 N–H and O–H groups in total. The first-order valence-corrected chi connectivity index (χ1v) is 13.8. The number of benzene rings is 4. The number of carbonyl (C=O) groups is 3. The molecule has 0 spiro atoms. The van der Waals surface area contributed by atoms with Crippen LogP contribution in [0, 0.1) is 10.1 Å². The lowest BCUT2D eigenvalue weighted by Gasteiger charge is -2.26. The number of Topliss-reactive ketones (excluding diaryl/α,β-unsaturated/α-hetero) is 1. The van der Waals surface area contributed by atoms with E-state index in [1.165, 1.54) is 29.3 Å². The minimum atomic E-state index is -0.634. The maximum atomic E-state index is 12.3. The fourth-order valence-corrected chi connectivity index (χ4v) is 4.41. The number of ether oxygens (including phenoxy) is 2. The van der Waals surface area contributed by atoms with Gasteiger partial charge in [0.2, 0.25) is 11.7 Å². The first-order valence-electron chi connectivity index (χ1n) is 13.8. The summed E-state index contributed by atoms with van der Waals surface area (Å²) >= 11 is 0. The van der Waals surface area contributed by atoms with Gasteiger partial charge < -0.3 is 14.8 Å². The van der Waals surface area contributed by atoms with Crippen molar-refractivity contribution in [2.24, 2.45) is 0 Å². The van der Waals surface area contributed by atoms with Crippen molar-refractivity contribution in [1.29, 1.82) is 0 Å². The van der Waals surface area contributed by atoms with Crippen LogP contribution in [0.1, 0.15) is 54.6 Å². The summed E-state index contributed by atoms with van der Waals surface area (Å²) in [5.41, 5.74) is 2.70. The number of amides is 1. The molecule has 1 amide bonds. The molecule has 4 aromatic carbocycles. The zero-order valence-electron chi connectivity index (χ0n) is 23.9. The zero-order valence-corrected chi connectivity index (χ0v) is 23.9. The lowest BCUT2D eigenvalue weighted by atomic mass is 9.78. The van der Waals surface area contributed by atoms with E-state index in [4.69, 9.17) is 9.47 Å². The summed E-state index contributed by atoms with van der Waals surface area (Å²) in [6.07, 6.45) is 0.259. The van der Waals surface area contributed by atoms with Crippen molar-refractivity contribution in [1.82, 2.24) is 0 Å². The summed E-state index contributed by atoms with van der Waals surface area (Å²) in [6, 6.07) is 30.5. The summed E-state index contributed by atoms with van der Waals surface area (Å²) in [5.74, 6) is -0.139. The Bertz CT molecular complexity index is 1580. The summed E-state index contributed by atoms with van der Waals surface area (Å²) in [6.45, 7) is 3.84. The fraction of sp³-hybridized carbons (Fsp3) is 0.206. The second kappa shape index (κ2) is 14.0. The average Bonchev–Trinajstić information content (AvgIpc) is 3.01. The topological polar surface area (TPSA) is 125 Å². The highest BCUT2D eigenvalue weighted by Crippen LogP contribution is 2.33. The second-order valence-electron chi connectivity index (χ2n) is 10.4. The van der Waals surface area contributed by atoms with Gasteiger partial charge in [-0.25, -0.2) is 0 Å². The third kappa shape index (κ3) is 8.59. The number of nitrogens with zero attached hydrogens (tertiary/aromatic N) is 1. The monoisotopic (exact) mass is 580 g/mol. The molecule has 0 bridgehead atoms. The van der Waals surface area contributed by atoms with Gasteiger partial charge in [-0.2, -0.15) is 0 Å². The molecule has 0 fully saturated rings. The highest BCUT2D eigenvalue weighted by atomic mass is 16.6. The van der Waals surface area contributed by atoms with Gasteiger partial charge in [-0.15, -0.1) is 0 Å². The number of anilines is 1. The molecule has 220 valence electrons. The Morgan fingerprint density at radius 1 is 0.791 bits per heavy atom. The fourth-order valence-electron chi connectivity index (χ4n) is 4.41. The molecular formula is C34H32N2O7. The molecule has 0 aliphatic heterocycles. The van der Waals surface area contributed by atoms with Gasteiger partial charge in [0.05, 0.1) is 4.92 Å². The maximum Gasteiger partial charge on any atom is 0.306 e. The molecule has 0 aliphatic rings. The zero-order chi connectivity index (χ0) is 30.8. The Hall–Kier alpha value is -5.31. The van der Waals surface area contributed by atoms with E-state index in [2.05, 4.69) is 43.4 Å². The van der Waals surface area contributed by atoms with Crippen molar-refractivity contribution in [3.8, 4) is 11.5 Å². The van der Waals surface area contributed by atoms with Crippen LogP contribution in [-0.2, 0) is 19.7 Å². The summed E-state index contributed by atoms with van der Waals surface area (Å²) in [4.78, 5) is 46.7. The van der Waals surface area contributed by atoms with Gasteiger partial charge in [0.25, 0.3) is 5.69 Å². The van der Waals surface area contributed by atoms with E-state index in [9.17, 15) is 24.5 Å². The third-order valence-corrected chi connectivity index (χ3v) is 6.97. The number of nitro benzene ring substituents is 1. The molecular weight excluding hydrogens is 548 g/mol. The molecule has 0 unspecified atom stereocenters. The Labute approximate surface area is 249 Å². The largest absolute Gasteiger partial charge is 0.457 e. The van der Waals surface area contributed by atoms with Crippen LogP contribution in [-0.4, -0.2) is 29.2 Å². The Balaban J connectivity index is 1.18. The number of hydrogen-bond acceptors (Lipinski definition) is 7. The SMILES string of the molecule is CC(C)(c1ccccc1)c1ccc(Oc2ccc(NC(=O)CCCC(=O)OCC(=O)c3cccc([N+](=O)[O-])c3)cc2)cc1. The van der Waals surface area contributed by atoms with Crippen molar-refractivity contribution in [2.45, 2.75) is 38.5 Å². The quantitative estimate of drug-likeness (QED) is 0.0764. The van der Waals surface area contributed by atoms with Gasteiger partial charge in [-0.3, -0.25) is 24.5 Å². The third-order valence-electron chi connectivity index (χ3n) is 6.97. The lowest BCUT2D eigenvalue weighted by molar-refractivity contribution is -0.384. The minimum absolute atomic E-state index is 0.0518. The van der Waals surface area contributed by atoms with Crippen LogP contribution in [0.5, 0.6) is 11.5 Å². The van der Waals surface area contributed by atoms with E-state index in [-0.39, 0.29) is 41.8 Å². The van der Waals surface area contributed by atoms with Gasteiger partial charge in [-0.05, 0) is 53.9 Å². The van der Waals surface area contributed by atoms with Crippen LogP contribution in [0.2, 0.25) is 0 Å². The van der Waals surface area contributed by atoms with Gasteiger partial charge >= 0.3 is 5.97 Å². The molecule has 4 aromatic rings. The standard InChI is InChI=1S/C34H32N2O7/c1-34(2,25-9-4-3-5-10-25)26-14-18-29(19-15-26)43-30-20-16-27(17-21-30)35-32(38)12-7-13-33(39)42-23-31(37)24-8-6-11-28(22-24)36(40)41/h3-6,8-11,14-22H,7,12-13,23H2,1-2H3,(H,35,38). The molecule has 0 atom stereocenters. The number of ketones is 1. The van der Waals surface area contributed by atoms with Crippen LogP contribution < -0.4 is 10.1 Å². The molecule has 0 heterocycles. The highest BCUT2D eigenvalue weighted by molar-refractivity contribution is 5.98. The molecule has 0 saturated carbocycles. The normalized spacial score (nSPS) is 10.9.